The first-order valence-corrected chi connectivity index (χ1v) is 7.22. The van der Waals surface area contributed by atoms with Gasteiger partial charge in [-0.2, -0.15) is 0 Å². The van der Waals surface area contributed by atoms with Gasteiger partial charge in [0.15, 0.2) is 0 Å². The molecule has 92 valence electrons. The van der Waals surface area contributed by atoms with Gasteiger partial charge in [0, 0.05) is 10.4 Å². The molecule has 0 aromatic carbocycles. The van der Waals surface area contributed by atoms with Gasteiger partial charge < -0.3 is 5.73 Å². The van der Waals surface area contributed by atoms with Crippen LogP contribution in [0.1, 0.15) is 72.1 Å². The second kappa shape index (κ2) is 8.58. The third kappa shape index (κ3) is 10.7. The minimum Gasteiger partial charge on any atom is -0.328 e. The molecule has 0 bridgehead atoms. The average Bonchev–Trinajstić information content (AvgIpc) is 2.14. The van der Waals surface area contributed by atoms with E-state index in [0.29, 0.717) is 10.4 Å². The van der Waals surface area contributed by atoms with Crippen molar-refractivity contribution in [1.82, 2.24) is 0 Å². The van der Waals surface area contributed by atoms with E-state index >= 15 is 0 Å². The van der Waals surface area contributed by atoms with E-state index in [2.05, 4.69) is 36.7 Å². The van der Waals surface area contributed by atoms with Crippen LogP contribution in [-0.4, -0.2) is 10.4 Å². The maximum atomic E-state index is 5.72. The van der Waals surface area contributed by atoms with Crippen LogP contribution in [0.15, 0.2) is 0 Å². The maximum absolute atomic E-state index is 5.72. The summed E-state index contributed by atoms with van der Waals surface area (Å²) in [5.74, 6) is 0. The SMILES string of the molecule is CCCCC(C)(Br)CCCCCC(C)N. The standard InChI is InChI=1S/C13H28BrN/c1-4-5-10-13(3,14)11-8-6-7-9-12(2)15/h12H,4-11,15H2,1-3H3. The lowest BCUT2D eigenvalue weighted by Gasteiger charge is -2.22. The van der Waals surface area contributed by atoms with E-state index in [4.69, 9.17) is 5.73 Å². The van der Waals surface area contributed by atoms with Crippen molar-refractivity contribution in [3.8, 4) is 0 Å². The van der Waals surface area contributed by atoms with E-state index in [1.807, 2.05) is 0 Å². The molecule has 0 spiro atoms. The molecule has 0 saturated carbocycles. The second-order valence-corrected chi connectivity index (χ2v) is 7.01. The third-order valence-electron chi connectivity index (χ3n) is 2.91. The molecule has 0 aliphatic carbocycles. The van der Waals surface area contributed by atoms with E-state index < -0.39 is 0 Å². The van der Waals surface area contributed by atoms with Gasteiger partial charge >= 0.3 is 0 Å². The molecule has 2 heteroatoms. The maximum Gasteiger partial charge on any atom is 0.0229 e. The number of rotatable bonds is 9. The highest BCUT2D eigenvalue weighted by Gasteiger charge is 2.18. The summed E-state index contributed by atoms with van der Waals surface area (Å²) in [6.45, 7) is 6.68. The van der Waals surface area contributed by atoms with Gasteiger partial charge in [-0.3, -0.25) is 0 Å². The topological polar surface area (TPSA) is 26.0 Å². The van der Waals surface area contributed by atoms with Crippen LogP contribution < -0.4 is 5.73 Å². The van der Waals surface area contributed by atoms with Crippen LogP contribution >= 0.6 is 15.9 Å². The van der Waals surface area contributed by atoms with Gasteiger partial charge in [-0.05, 0) is 33.1 Å². The lowest BCUT2D eigenvalue weighted by Crippen LogP contribution is -2.16. The fraction of sp³-hybridized carbons (Fsp3) is 1.00. The van der Waals surface area contributed by atoms with Crippen molar-refractivity contribution in [2.45, 2.75) is 82.5 Å². The molecule has 0 rings (SSSR count). The summed E-state index contributed by atoms with van der Waals surface area (Å²) in [6.07, 6.45) is 10.4. The average molecular weight is 278 g/mol. The summed E-state index contributed by atoms with van der Waals surface area (Å²) in [6, 6.07) is 0.375. The molecular weight excluding hydrogens is 250 g/mol. The van der Waals surface area contributed by atoms with E-state index in [9.17, 15) is 0 Å². The van der Waals surface area contributed by atoms with Crippen LogP contribution in [0.3, 0.4) is 0 Å². The summed E-state index contributed by atoms with van der Waals surface area (Å²) in [7, 11) is 0. The van der Waals surface area contributed by atoms with E-state index in [-0.39, 0.29) is 0 Å². The van der Waals surface area contributed by atoms with Gasteiger partial charge in [-0.1, -0.05) is 55.0 Å². The van der Waals surface area contributed by atoms with Crippen molar-refractivity contribution >= 4 is 15.9 Å². The Kier molecular flexibility index (Phi) is 8.83. The lowest BCUT2D eigenvalue weighted by atomic mass is 9.96. The Morgan fingerprint density at radius 3 is 2.27 bits per heavy atom. The highest BCUT2D eigenvalue weighted by atomic mass is 79.9. The Labute approximate surface area is 104 Å². The summed E-state index contributed by atoms with van der Waals surface area (Å²) < 4.78 is 0.372. The second-order valence-electron chi connectivity index (χ2n) is 5.09. The molecule has 0 saturated heterocycles. The largest absolute Gasteiger partial charge is 0.328 e. The number of hydrogen-bond acceptors (Lipinski definition) is 1. The number of alkyl halides is 1. The van der Waals surface area contributed by atoms with Crippen LogP contribution in [0.5, 0.6) is 0 Å². The van der Waals surface area contributed by atoms with Crippen molar-refractivity contribution in [2.24, 2.45) is 5.73 Å². The van der Waals surface area contributed by atoms with Crippen LogP contribution in [0.2, 0.25) is 0 Å². The Bertz CT molecular complexity index is 143. The number of hydrogen-bond donors (Lipinski definition) is 1. The summed E-state index contributed by atoms with van der Waals surface area (Å²) in [5, 5.41) is 0. The van der Waals surface area contributed by atoms with E-state index in [0.717, 1.165) is 0 Å². The van der Waals surface area contributed by atoms with E-state index in [1.54, 1.807) is 0 Å². The number of halogens is 1. The zero-order valence-corrected chi connectivity index (χ0v) is 12.3. The third-order valence-corrected chi connectivity index (χ3v) is 3.70. The lowest BCUT2D eigenvalue weighted by molar-refractivity contribution is 0.483. The van der Waals surface area contributed by atoms with Crippen LogP contribution in [0.4, 0.5) is 0 Å². The Balaban J connectivity index is 3.40. The predicted octanol–water partition coefficient (Wildman–Crippen LogP) is 4.63. The highest BCUT2D eigenvalue weighted by molar-refractivity contribution is 9.10. The fourth-order valence-corrected chi connectivity index (χ4v) is 2.37. The zero-order chi connectivity index (χ0) is 11.7. The predicted molar refractivity (Wildman–Crippen MR) is 73.6 cm³/mol. The number of nitrogens with two attached hydrogens (primary N) is 1. The number of unbranched alkanes of at least 4 members (excludes halogenated alkanes) is 3. The van der Waals surface area contributed by atoms with E-state index in [1.165, 1.54) is 51.4 Å². The molecular formula is C13H28BrN. The molecule has 1 nitrogen and oxygen atoms in total. The van der Waals surface area contributed by atoms with Gasteiger partial charge in [0.25, 0.3) is 0 Å². The van der Waals surface area contributed by atoms with Gasteiger partial charge in [0.1, 0.15) is 0 Å². The molecule has 0 heterocycles. The van der Waals surface area contributed by atoms with Crippen molar-refractivity contribution in [1.29, 1.82) is 0 Å². The first-order chi connectivity index (χ1) is 6.98. The van der Waals surface area contributed by atoms with Crippen molar-refractivity contribution in [3.05, 3.63) is 0 Å². The van der Waals surface area contributed by atoms with Crippen LogP contribution in [0, 0.1) is 0 Å². The van der Waals surface area contributed by atoms with Crippen molar-refractivity contribution < 1.29 is 0 Å². The van der Waals surface area contributed by atoms with Crippen LogP contribution in [0.25, 0.3) is 0 Å². The summed E-state index contributed by atoms with van der Waals surface area (Å²) >= 11 is 3.84. The normalized spacial score (nSPS) is 17.4. The Morgan fingerprint density at radius 1 is 1.13 bits per heavy atom. The molecule has 0 amide bonds. The summed E-state index contributed by atoms with van der Waals surface area (Å²) in [5.41, 5.74) is 5.72. The van der Waals surface area contributed by atoms with Crippen molar-refractivity contribution in [3.63, 3.8) is 0 Å². The first-order valence-electron chi connectivity index (χ1n) is 6.42. The molecule has 15 heavy (non-hydrogen) atoms. The molecule has 2 N–H and O–H groups in total. The summed E-state index contributed by atoms with van der Waals surface area (Å²) in [4.78, 5) is 0. The molecule has 0 aliphatic heterocycles. The zero-order valence-electron chi connectivity index (χ0n) is 10.7. The van der Waals surface area contributed by atoms with Gasteiger partial charge in [-0.15, -0.1) is 0 Å². The molecule has 0 aromatic rings. The van der Waals surface area contributed by atoms with Gasteiger partial charge in [0.2, 0.25) is 0 Å². The first kappa shape index (κ1) is 15.4. The molecule has 0 aliphatic rings. The smallest absolute Gasteiger partial charge is 0.0229 e. The molecule has 0 fully saturated rings. The monoisotopic (exact) mass is 277 g/mol. The van der Waals surface area contributed by atoms with Gasteiger partial charge in [-0.25, -0.2) is 0 Å². The fourth-order valence-electron chi connectivity index (χ4n) is 1.81. The molecule has 0 aromatic heterocycles. The van der Waals surface area contributed by atoms with Crippen LogP contribution in [-0.2, 0) is 0 Å². The van der Waals surface area contributed by atoms with Crippen molar-refractivity contribution in [2.75, 3.05) is 0 Å². The quantitative estimate of drug-likeness (QED) is 0.483. The Morgan fingerprint density at radius 2 is 1.73 bits per heavy atom. The Hall–Kier alpha value is 0.440. The molecule has 2 atom stereocenters. The highest BCUT2D eigenvalue weighted by Crippen LogP contribution is 2.30. The minimum atomic E-state index is 0.372. The molecule has 2 unspecified atom stereocenters. The van der Waals surface area contributed by atoms with Gasteiger partial charge in [0.05, 0.1) is 0 Å². The minimum absolute atomic E-state index is 0.372. The molecule has 0 radical (unpaired) electrons.